The molecule has 0 saturated carbocycles. The van der Waals surface area contributed by atoms with Gasteiger partial charge in [-0.2, -0.15) is 13.2 Å². The number of carbonyl (C=O) groups is 1. The number of benzene rings is 3. The molecule has 0 saturated heterocycles. The molecule has 0 aliphatic carbocycles. The van der Waals surface area contributed by atoms with Crippen molar-refractivity contribution in [2.75, 3.05) is 5.32 Å². The lowest BCUT2D eigenvalue weighted by molar-refractivity contribution is -0.137. The number of carbonyl (C=O) groups excluding carboxylic acids is 1. The predicted molar refractivity (Wildman–Crippen MR) is 119 cm³/mol. The van der Waals surface area contributed by atoms with Gasteiger partial charge in [0.1, 0.15) is 5.82 Å². The number of amides is 1. The molecule has 3 aromatic carbocycles. The van der Waals surface area contributed by atoms with E-state index < -0.39 is 23.1 Å². The Labute approximate surface area is 185 Å². The molecule has 0 fully saturated rings. The number of alkyl halides is 3. The minimum Gasteiger partial charge on any atom is -0.330 e. The van der Waals surface area contributed by atoms with Crippen LogP contribution in [0.3, 0.4) is 0 Å². The van der Waals surface area contributed by atoms with Crippen LogP contribution >= 0.6 is 11.6 Å². The van der Waals surface area contributed by atoms with Gasteiger partial charge in [-0.15, -0.1) is 0 Å². The van der Waals surface area contributed by atoms with Gasteiger partial charge >= 0.3 is 6.18 Å². The van der Waals surface area contributed by atoms with E-state index in [0.29, 0.717) is 10.9 Å². The highest BCUT2D eigenvalue weighted by Gasteiger charge is 2.31. The quantitative estimate of drug-likeness (QED) is 0.403. The smallest absolute Gasteiger partial charge is 0.330 e. The molecular formula is C24H16ClF3N2O2. The standard InChI is InChI=1S/C24H16ClF3N2O2/c1-30-19-12-5-3-10-17(19)21(31)20(14-7-6-8-15(13-14)24(26,27)28)22(30)29-23(32)16-9-2-4-11-18(16)25/h2-13H,1H3,(H,29,32). The van der Waals surface area contributed by atoms with E-state index in [1.807, 2.05) is 0 Å². The van der Waals surface area contributed by atoms with Crippen LogP contribution in [-0.4, -0.2) is 10.5 Å². The number of anilines is 1. The number of rotatable bonds is 3. The number of nitrogens with zero attached hydrogens (tertiary/aromatic N) is 1. The summed E-state index contributed by atoms with van der Waals surface area (Å²) in [6.07, 6.45) is -4.58. The van der Waals surface area contributed by atoms with Crippen molar-refractivity contribution < 1.29 is 18.0 Å². The fraction of sp³-hybridized carbons (Fsp3) is 0.0833. The fourth-order valence-corrected chi connectivity index (χ4v) is 3.80. The molecule has 162 valence electrons. The summed E-state index contributed by atoms with van der Waals surface area (Å²) in [5.41, 5.74) is -0.702. The summed E-state index contributed by atoms with van der Waals surface area (Å²) in [5.74, 6) is -0.521. The van der Waals surface area contributed by atoms with E-state index in [4.69, 9.17) is 11.6 Å². The first-order chi connectivity index (χ1) is 15.2. The Balaban J connectivity index is 1.98. The molecule has 0 aliphatic heterocycles. The number of nitrogens with one attached hydrogen (secondary N) is 1. The van der Waals surface area contributed by atoms with E-state index in [1.165, 1.54) is 18.2 Å². The second-order valence-corrected chi connectivity index (χ2v) is 7.55. The lowest BCUT2D eigenvalue weighted by Crippen LogP contribution is -2.21. The minimum atomic E-state index is -4.58. The molecule has 1 heterocycles. The lowest BCUT2D eigenvalue weighted by atomic mass is 10.00. The molecule has 1 aromatic heterocycles. The van der Waals surface area contributed by atoms with E-state index in [9.17, 15) is 22.8 Å². The van der Waals surface area contributed by atoms with Crippen molar-refractivity contribution in [2.24, 2.45) is 7.05 Å². The zero-order chi connectivity index (χ0) is 23.0. The highest BCUT2D eigenvalue weighted by Crippen LogP contribution is 2.34. The highest BCUT2D eigenvalue weighted by molar-refractivity contribution is 6.34. The first-order valence-electron chi connectivity index (χ1n) is 9.53. The van der Waals surface area contributed by atoms with Crippen LogP contribution in [0.2, 0.25) is 5.02 Å². The second-order valence-electron chi connectivity index (χ2n) is 7.14. The molecule has 0 spiro atoms. The molecule has 1 N–H and O–H groups in total. The minimum absolute atomic E-state index is 0.0423. The Morgan fingerprint density at radius 2 is 1.66 bits per heavy atom. The third-order valence-electron chi connectivity index (χ3n) is 5.14. The molecule has 1 amide bonds. The van der Waals surface area contributed by atoms with Gasteiger partial charge in [0, 0.05) is 12.4 Å². The largest absolute Gasteiger partial charge is 0.416 e. The summed E-state index contributed by atoms with van der Waals surface area (Å²) in [6, 6.07) is 17.5. The molecular weight excluding hydrogens is 441 g/mol. The summed E-state index contributed by atoms with van der Waals surface area (Å²) in [6.45, 7) is 0. The average Bonchev–Trinajstić information content (AvgIpc) is 2.77. The number of hydrogen-bond acceptors (Lipinski definition) is 2. The van der Waals surface area contributed by atoms with Crippen LogP contribution in [-0.2, 0) is 13.2 Å². The number of aryl methyl sites for hydroxylation is 1. The van der Waals surface area contributed by atoms with Crippen LogP contribution in [0.15, 0.2) is 77.6 Å². The number of para-hydroxylation sites is 1. The molecule has 0 bridgehead atoms. The molecule has 32 heavy (non-hydrogen) atoms. The van der Waals surface area contributed by atoms with Crippen molar-refractivity contribution in [2.45, 2.75) is 6.18 Å². The summed E-state index contributed by atoms with van der Waals surface area (Å²) in [7, 11) is 1.63. The van der Waals surface area contributed by atoms with Gasteiger partial charge in [-0.3, -0.25) is 9.59 Å². The van der Waals surface area contributed by atoms with Crippen LogP contribution in [0.4, 0.5) is 19.0 Å². The van der Waals surface area contributed by atoms with Gasteiger partial charge in [0.2, 0.25) is 0 Å². The van der Waals surface area contributed by atoms with Gasteiger partial charge in [-0.05, 0) is 42.0 Å². The van der Waals surface area contributed by atoms with Crippen LogP contribution in [0, 0.1) is 0 Å². The summed E-state index contributed by atoms with van der Waals surface area (Å²) in [5, 5.41) is 3.21. The van der Waals surface area contributed by atoms with Gasteiger partial charge in [-0.25, -0.2) is 0 Å². The first kappa shape index (κ1) is 21.6. The summed E-state index contributed by atoms with van der Waals surface area (Å²) >= 11 is 6.12. The number of halogens is 4. The zero-order valence-corrected chi connectivity index (χ0v) is 17.5. The molecule has 0 unspecified atom stereocenters. The van der Waals surface area contributed by atoms with E-state index in [2.05, 4.69) is 5.32 Å². The van der Waals surface area contributed by atoms with Crippen LogP contribution in [0.25, 0.3) is 22.0 Å². The van der Waals surface area contributed by atoms with Crippen molar-refractivity contribution in [1.82, 2.24) is 4.57 Å². The van der Waals surface area contributed by atoms with E-state index in [1.54, 1.807) is 54.1 Å². The summed E-state index contributed by atoms with van der Waals surface area (Å²) < 4.78 is 41.5. The Kier molecular flexibility index (Phi) is 5.52. The topological polar surface area (TPSA) is 51.1 Å². The van der Waals surface area contributed by atoms with Crippen LogP contribution in [0.5, 0.6) is 0 Å². The van der Waals surface area contributed by atoms with Gasteiger partial charge in [0.05, 0.1) is 27.2 Å². The number of aromatic nitrogens is 1. The molecule has 0 radical (unpaired) electrons. The normalized spacial score (nSPS) is 11.5. The first-order valence-corrected chi connectivity index (χ1v) is 9.91. The zero-order valence-electron chi connectivity index (χ0n) is 16.7. The van der Waals surface area contributed by atoms with Crippen molar-refractivity contribution in [3.63, 3.8) is 0 Å². The molecule has 4 nitrogen and oxygen atoms in total. The third kappa shape index (κ3) is 3.87. The van der Waals surface area contributed by atoms with Crippen molar-refractivity contribution >= 4 is 34.2 Å². The summed E-state index contributed by atoms with van der Waals surface area (Å²) in [4.78, 5) is 26.3. The van der Waals surface area contributed by atoms with E-state index in [-0.39, 0.29) is 27.5 Å². The average molecular weight is 457 g/mol. The lowest BCUT2D eigenvalue weighted by Gasteiger charge is -2.19. The van der Waals surface area contributed by atoms with Gasteiger partial charge in [-0.1, -0.05) is 48.0 Å². The van der Waals surface area contributed by atoms with Crippen molar-refractivity contribution in [3.05, 3.63) is 99.2 Å². The second kappa shape index (κ2) is 8.16. The van der Waals surface area contributed by atoms with Crippen LogP contribution in [0.1, 0.15) is 15.9 Å². The Morgan fingerprint density at radius 3 is 2.38 bits per heavy atom. The molecule has 4 aromatic rings. The third-order valence-corrected chi connectivity index (χ3v) is 5.47. The molecule has 0 aliphatic rings. The fourth-order valence-electron chi connectivity index (χ4n) is 3.57. The molecule has 4 rings (SSSR count). The maximum Gasteiger partial charge on any atom is 0.416 e. The number of fused-ring (bicyclic) bond motifs is 1. The predicted octanol–water partition coefficient (Wildman–Crippen LogP) is 6.13. The number of hydrogen-bond donors (Lipinski definition) is 1. The van der Waals surface area contributed by atoms with E-state index >= 15 is 0 Å². The van der Waals surface area contributed by atoms with Gasteiger partial charge in [0.25, 0.3) is 5.91 Å². The Morgan fingerprint density at radius 1 is 0.969 bits per heavy atom. The van der Waals surface area contributed by atoms with E-state index in [0.717, 1.165) is 12.1 Å². The van der Waals surface area contributed by atoms with Crippen molar-refractivity contribution in [1.29, 1.82) is 0 Å². The maximum atomic E-state index is 13.4. The van der Waals surface area contributed by atoms with Crippen molar-refractivity contribution in [3.8, 4) is 11.1 Å². The molecule has 8 heteroatoms. The Bertz CT molecular complexity index is 1410. The van der Waals surface area contributed by atoms with Gasteiger partial charge < -0.3 is 9.88 Å². The van der Waals surface area contributed by atoms with Gasteiger partial charge in [0.15, 0.2) is 5.43 Å². The number of pyridine rings is 1. The SMILES string of the molecule is Cn1c(NC(=O)c2ccccc2Cl)c(-c2cccc(C(F)(F)F)c2)c(=O)c2ccccc21. The highest BCUT2D eigenvalue weighted by atomic mass is 35.5. The molecule has 0 atom stereocenters. The maximum absolute atomic E-state index is 13.4. The van der Waals surface area contributed by atoms with Crippen LogP contribution < -0.4 is 10.7 Å². The Hall–Kier alpha value is -3.58. The monoisotopic (exact) mass is 456 g/mol.